The Morgan fingerprint density at radius 1 is 0.654 bits per heavy atom. The monoisotopic (exact) mass is 476 g/mol. The van der Waals surface area contributed by atoms with Gasteiger partial charge in [0.05, 0.1) is 0 Å². The van der Waals surface area contributed by atoms with E-state index < -0.39 is 0 Å². The first kappa shape index (κ1) is 17.5. The van der Waals surface area contributed by atoms with Crippen LogP contribution < -0.4 is 8.92 Å². The summed E-state index contributed by atoms with van der Waals surface area (Å²) in [5, 5.41) is 0. The average Bonchev–Trinajstić information content (AvgIpc) is 3.07. The van der Waals surface area contributed by atoms with E-state index in [1.165, 1.54) is 42.1 Å². The zero-order valence-corrected chi connectivity index (χ0v) is 17.1. The molecule has 0 N–H and O–H groups in total. The molecule has 0 saturated carbocycles. The number of rotatable bonds is 4. The van der Waals surface area contributed by atoms with Gasteiger partial charge in [0.15, 0.2) is 0 Å². The van der Waals surface area contributed by atoms with Crippen LogP contribution in [0.4, 0.5) is 8.78 Å². The first-order valence-electron chi connectivity index (χ1n) is 8.08. The SMILES string of the molecule is Fc1ccc(-c2cc([Se]c3ccccc3)c(-c3ccc(F)cc3)[se]2)cc1. The minimum atomic E-state index is -0.222. The second-order valence-electron chi connectivity index (χ2n) is 5.73. The molecule has 0 saturated heterocycles. The Balaban J connectivity index is 1.79. The number of hydrogen-bond donors (Lipinski definition) is 0. The molecule has 0 fully saturated rings. The van der Waals surface area contributed by atoms with Crippen LogP contribution in [-0.4, -0.2) is 29.5 Å². The van der Waals surface area contributed by atoms with Crippen molar-refractivity contribution in [1.29, 1.82) is 0 Å². The van der Waals surface area contributed by atoms with Crippen LogP contribution in [0.25, 0.3) is 20.0 Å². The third-order valence-corrected chi connectivity index (χ3v) is 9.35. The molecule has 26 heavy (non-hydrogen) atoms. The molecular weight excluding hydrogens is 460 g/mol. The van der Waals surface area contributed by atoms with Crippen molar-refractivity contribution in [3.8, 4) is 20.0 Å². The summed E-state index contributed by atoms with van der Waals surface area (Å²) >= 11 is 0.288. The molecule has 0 aliphatic heterocycles. The number of benzene rings is 3. The van der Waals surface area contributed by atoms with Crippen LogP contribution in [0.15, 0.2) is 84.9 Å². The molecule has 0 radical (unpaired) electrons. The molecule has 0 unspecified atom stereocenters. The van der Waals surface area contributed by atoms with E-state index in [1.807, 2.05) is 30.3 Å². The van der Waals surface area contributed by atoms with Crippen LogP contribution in [-0.2, 0) is 0 Å². The molecule has 0 aliphatic carbocycles. The predicted molar refractivity (Wildman–Crippen MR) is 106 cm³/mol. The molecule has 4 rings (SSSR count). The summed E-state index contributed by atoms with van der Waals surface area (Å²) in [5.74, 6) is -0.443. The summed E-state index contributed by atoms with van der Waals surface area (Å²) in [6.07, 6.45) is 0. The van der Waals surface area contributed by atoms with E-state index in [0.717, 1.165) is 11.1 Å². The molecular formula is C22H14F2Se2. The summed E-state index contributed by atoms with van der Waals surface area (Å²) in [4.78, 5) is 0. The second-order valence-corrected chi connectivity index (χ2v) is 10.3. The first-order valence-corrected chi connectivity index (χ1v) is 11.5. The minimum absolute atomic E-state index is 0.113. The van der Waals surface area contributed by atoms with Gasteiger partial charge < -0.3 is 0 Å². The van der Waals surface area contributed by atoms with E-state index in [0.29, 0.717) is 0 Å². The van der Waals surface area contributed by atoms with Gasteiger partial charge in [0.2, 0.25) is 0 Å². The summed E-state index contributed by atoms with van der Waals surface area (Å²) in [7, 11) is 0. The normalized spacial score (nSPS) is 10.8. The third kappa shape index (κ3) is 3.90. The van der Waals surface area contributed by atoms with Crippen LogP contribution in [0.1, 0.15) is 0 Å². The summed E-state index contributed by atoms with van der Waals surface area (Å²) < 4.78 is 31.8. The fourth-order valence-corrected chi connectivity index (χ4v) is 8.10. The summed E-state index contributed by atoms with van der Waals surface area (Å²) in [5.41, 5.74) is 2.14. The van der Waals surface area contributed by atoms with Crippen LogP contribution in [0.3, 0.4) is 0 Å². The Morgan fingerprint density at radius 2 is 1.23 bits per heavy atom. The molecule has 0 bridgehead atoms. The Hall–Kier alpha value is -1.96. The van der Waals surface area contributed by atoms with Gasteiger partial charge in [-0.25, -0.2) is 0 Å². The van der Waals surface area contributed by atoms with Gasteiger partial charge in [0, 0.05) is 0 Å². The molecule has 0 aliphatic rings. The molecule has 128 valence electrons. The van der Waals surface area contributed by atoms with Crippen molar-refractivity contribution in [3.63, 3.8) is 0 Å². The third-order valence-electron chi connectivity index (χ3n) is 3.90. The standard InChI is InChI=1S/C22H14F2Se2/c23-17-10-6-15(7-11-17)20-14-21(25-19-4-2-1-3-5-19)22(26-20)16-8-12-18(24)13-9-16/h1-14H. The van der Waals surface area contributed by atoms with Gasteiger partial charge in [-0.3, -0.25) is 0 Å². The van der Waals surface area contributed by atoms with Crippen LogP contribution in [0.5, 0.6) is 0 Å². The molecule has 0 amide bonds. The molecule has 1 heterocycles. The van der Waals surface area contributed by atoms with E-state index in [2.05, 4.69) is 30.3 Å². The van der Waals surface area contributed by atoms with Crippen molar-refractivity contribution in [2.24, 2.45) is 0 Å². The van der Waals surface area contributed by atoms with Crippen LogP contribution in [0, 0.1) is 11.6 Å². The molecule has 0 nitrogen and oxygen atoms in total. The topological polar surface area (TPSA) is 0 Å². The first-order chi connectivity index (χ1) is 12.7. The van der Waals surface area contributed by atoms with Gasteiger partial charge in [-0.05, 0) is 0 Å². The number of halogens is 2. The molecule has 0 atom stereocenters. The maximum atomic E-state index is 13.3. The quantitative estimate of drug-likeness (QED) is 0.393. The van der Waals surface area contributed by atoms with E-state index >= 15 is 0 Å². The van der Waals surface area contributed by atoms with Gasteiger partial charge in [0.1, 0.15) is 0 Å². The molecule has 4 aromatic rings. The van der Waals surface area contributed by atoms with Crippen LogP contribution in [0.2, 0.25) is 0 Å². The Morgan fingerprint density at radius 3 is 1.85 bits per heavy atom. The molecule has 4 heteroatoms. The van der Waals surface area contributed by atoms with Crippen molar-refractivity contribution in [2.45, 2.75) is 0 Å². The zero-order chi connectivity index (χ0) is 17.9. The molecule has 0 spiro atoms. The fraction of sp³-hybridized carbons (Fsp3) is 0. The zero-order valence-electron chi connectivity index (χ0n) is 13.7. The molecule has 3 aromatic carbocycles. The van der Waals surface area contributed by atoms with Crippen molar-refractivity contribution < 1.29 is 8.78 Å². The van der Waals surface area contributed by atoms with Crippen molar-refractivity contribution >= 4 is 38.4 Å². The van der Waals surface area contributed by atoms with Gasteiger partial charge >= 0.3 is 164 Å². The van der Waals surface area contributed by atoms with Crippen molar-refractivity contribution in [2.75, 3.05) is 0 Å². The maximum absolute atomic E-state index is 13.3. The summed E-state index contributed by atoms with van der Waals surface area (Å²) in [6, 6.07) is 26.1. The summed E-state index contributed by atoms with van der Waals surface area (Å²) in [6.45, 7) is 0. The molecule has 1 aromatic heterocycles. The van der Waals surface area contributed by atoms with Crippen molar-refractivity contribution in [3.05, 3.63) is 96.6 Å². The van der Waals surface area contributed by atoms with Gasteiger partial charge in [-0.15, -0.1) is 0 Å². The van der Waals surface area contributed by atoms with Gasteiger partial charge in [-0.2, -0.15) is 0 Å². The Kier molecular flexibility index (Phi) is 5.19. The van der Waals surface area contributed by atoms with E-state index in [4.69, 9.17) is 0 Å². The predicted octanol–water partition coefficient (Wildman–Crippen LogP) is 4.01. The second kappa shape index (κ2) is 7.73. The van der Waals surface area contributed by atoms with E-state index in [1.54, 1.807) is 0 Å². The fourth-order valence-electron chi connectivity index (χ4n) is 2.62. The van der Waals surface area contributed by atoms with Crippen molar-refractivity contribution in [1.82, 2.24) is 0 Å². The van der Waals surface area contributed by atoms with Crippen LogP contribution >= 0.6 is 0 Å². The number of hydrogen-bond acceptors (Lipinski definition) is 0. The Labute approximate surface area is 163 Å². The van der Waals surface area contributed by atoms with E-state index in [9.17, 15) is 8.78 Å². The van der Waals surface area contributed by atoms with Gasteiger partial charge in [0.25, 0.3) is 0 Å². The average molecular weight is 474 g/mol. The Bertz CT molecular complexity index is 1000. The van der Waals surface area contributed by atoms with E-state index in [-0.39, 0.29) is 41.1 Å². The van der Waals surface area contributed by atoms with Gasteiger partial charge in [-0.1, -0.05) is 0 Å².